The van der Waals surface area contributed by atoms with Crippen molar-refractivity contribution in [2.45, 2.75) is 0 Å². The van der Waals surface area contributed by atoms with Gasteiger partial charge < -0.3 is 15.3 Å². The number of nitrogen functional groups attached to an aromatic ring is 1. The fourth-order valence-corrected chi connectivity index (χ4v) is 1.79. The van der Waals surface area contributed by atoms with Crippen LogP contribution in [0.25, 0.3) is 0 Å². The molecule has 0 bridgehead atoms. The van der Waals surface area contributed by atoms with Crippen molar-refractivity contribution in [1.29, 1.82) is 0 Å². The third-order valence-corrected chi connectivity index (χ3v) is 3.05. The van der Waals surface area contributed by atoms with Gasteiger partial charge in [0.15, 0.2) is 5.76 Å². The van der Waals surface area contributed by atoms with Crippen LogP contribution in [0.4, 0.5) is 16.4 Å². The first kappa shape index (κ1) is 19.1. The van der Waals surface area contributed by atoms with Crippen molar-refractivity contribution in [2.75, 3.05) is 12.3 Å². The third-order valence-electron chi connectivity index (χ3n) is 3.05. The standard InChI is InChI=1S/C8H6N4O5.C7H7NO2/c13-6-4-11(8(14)10-6)9-3-5-1-2-7(17-5)12(15)16;8-6-3-1-5(2-4-6)7(9)10/h1-3H,4H2,(H,10,13,14);1-4H,8H2,(H,9,10)/b9-3+;. The Morgan fingerprint density at radius 2 is 1.96 bits per heavy atom. The Bertz CT molecular complexity index is 904. The first-order valence-corrected chi connectivity index (χ1v) is 7.24. The van der Waals surface area contributed by atoms with Gasteiger partial charge in [0.2, 0.25) is 5.91 Å². The summed E-state index contributed by atoms with van der Waals surface area (Å²) in [6.45, 7) is -0.182. The van der Waals surface area contributed by atoms with E-state index in [1.54, 1.807) is 12.1 Å². The number of rotatable bonds is 4. The summed E-state index contributed by atoms with van der Waals surface area (Å²) in [5, 5.41) is 25.3. The zero-order chi connectivity index (χ0) is 20.0. The van der Waals surface area contributed by atoms with Crippen LogP contribution in [0.3, 0.4) is 0 Å². The Kier molecular flexibility index (Phi) is 5.83. The molecule has 1 fully saturated rings. The van der Waals surface area contributed by atoms with Crippen LogP contribution < -0.4 is 11.1 Å². The van der Waals surface area contributed by atoms with Crippen molar-refractivity contribution >= 4 is 35.7 Å². The first-order valence-electron chi connectivity index (χ1n) is 7.24. The number of nitro groups is 1. The quantitative estimate of drug-likeness (QED) is 0.233. The number of aromatic carboxylic acids is 1. The molecule has 3 amide bonds. The highest BCUT2D eigenvalue weighted by Crippen LogP contribution is 2.14. The number of nitrogens with zero attached hydrogens (tertiary/aromatic N) is 3. The van der Waals surface area contributed by atoms with E-state index in [0.29, 0.717) is 5.69 Å². The second-order valence-corrected chi connectivity index (χ2v) is 5.02. The predicted octanol–water partition coefficient (Wildman–Crippen LogP) is 1.04. The zero-order valence-corrected chi connectivity index (χ0v) is 13.6. The van der Waals surface area contributed by atoms with Crippen molar-refractivity contribution in [2.24, 2.45) is 5.10 Å². The van der Waals surface area contributed by atoms with Gasteiger partial charge in [0, 0.05) is 5.69 Å². The molecule has 2 aromatic rings. The maximum absolute atomic E-state index is 11.1. The van der Waals surface area contributed by atoms with Crippen LogP contribution in [0.5, 0.6) is 0 Å². The third kappa shape index (κ3) is 5.38. The van der Waals surface area contributed by atoms with E-state index in [2.05, 4.69) is 5.10 Å². The van der Waals surface area contributed by atoms with Gasteiger partial charge in [-0.15, -0.1) is 0 Å². The molecule has 0 unspecified atom stereocenters. The highest BCUT2D eigenvalue weighted by molar-refractivity contribution is 6.02. The molecule has 140 valence electrons. The molecule has 12 heteroatoms. The number of carboxylic acids is 1. The van der Waals surface area contributed by atoms with Crippen LogP contribution in [-0.4, -0.2) is 45.7 Å². The molecule has 0 radical (unpaired) electrons. The van der Waals surface area contributed by atoms with Crippen LogP contribution in [0.15, 0.2) is 45.9 Å². The van der Waals surface area contributed by atoms with E-state index in [4.69, 9.17) is 15.3 Å². The minimum Gasteiger partial charge on any atom is -0.478 e. The summed E-state index contributed by atoms with van der Waals surface area (Å²) in [5.41, 5.74) is 6.17. The number of benzene rings is 1. The fraction of sp³-hybridized carbons (Fsp3) is 0.0667. The molecule has 0 aliphatic carbocycles. The Morgan fingerprint density at radius 1 is 1.30 bits per heavy atom. The average molecular weight is 375 g/mol. The van der Waals surface area contributed by atoms with Gasteiger partial charge in [-0.1, -0.05) is 0 Å². The summed E-state index contributed by atoms with van der Waals surface area (Å²) < 4.78 is 4.78. The van der Waals surface area contributed by atoms with Crippen molar-refractivity contribution in [3.63, 3.8) is 0 Å². The van der Waals surface area contributed by atoms with Gasteiger partial charge in [0.05, 0.1) is 17.8 Å². The molecule has 0 saturated carbocycles. The number of imide groups is 1. The Morgan fingerprint density at radius 3 is 2.44 bits per heavy atom. The van der Waals surface area contributed by atoms with Gasteiger partial charge >= 0.3 is 17.9 Å². The molecule has 1 aromatic carbocycles. The van der Waals surface area contributed by atoms with Gasteiger partial charge in [-0.25, -0.2) is 14.6 Å². The number of carbonyl (C=O) groups is 3. The van der Waals surface area contributed by atoms with Crippen molar-refractivity contribution in [3.05, 3.63) is 57.8 Å². The van der Waals surface area contributed by atoms with Gasteiger partial charge in [-0.3, -0.25) is 20.2 Å². The first-order chi connectivity index (χ1) is 12.8. The minimum absolute atomic E-state index is 0.115. The molecule has 1 aromatic heterocycles. The SMILES string of the molecule is Nc1ccc(C(=O)O)cc1.O=C1CN(/N=C/c2ccc([N+](=O)[O-])o2)C(=O)N1. The van der Waals surface area contributed by atoms with Gasteiger partial charge in [-0.2, -0.15) is 5.10 Å². The molecule has 0 spiro atoms. The molecule has 3 rings (SSSR count). The number of nitrogens with two attached hydrogens (primary N) is 1. The van der Waals surface area contributed by atoms with E-state index >= 15 is 0 Å². The number of carbonyl (C=O) groups excluding carboxylic acids is 2. The van der Waals surface area contributed by atoms with Crippen LogP contribution in [0.1, 0.15) is 16.1 Å². The number of furan rings is 1. The number of hydrazone groups is 1. The summed E-state index contributed by atoms with van der Waals surface area (Å²) in [4.78, 5) is 41.8. The molecule has 1 aliphatic rings. The Labute approximate surface area is 151 Å². The van der Waals surface area contributed by atoms with Crippen LogP contribution in [0.2, 0.25) is 0 Å². The van der Waals surface area contributed by atoms with Crippen molar-refractivity contribution in [3.8, 4) is 0 Å². The topological polar surface area (TPSA) is 181 Å². The lowest BCUT2D eigenvalue weighted by Crippen LogP contribution is -2.24. The monoisotopic (exact) mass is 375 g/mol. The molecular formula is C15H13N5O7. The number of amides is 3. The maximum Gasteiger partial charge on any atom is 0.433 e. The summed E-state index contributed by atoms with van der Waals surface area (Å²) in [7, 11) is 0. The van der Waals surface area contributed by atoms with Gasteiger partial charge in [0.1, 0.15) is 11.5 Å². The Hall–Kier alpha value is -4.22. The predicted molar refractivity (Wildman–Crippen MR) is 91.0 cm³/mol. The van der Waals surface area contributed by atoms with Gasteiger partial charge in [0.25, 0.3) is 0 Å². The van der Waals surface area contributed by atoms with Crippen molar-refractivity contribution < 1.29 is 28.8 Å². The lowest BCUT2D eigenvalue weighted by molar-refractivity contribution is -0.402. The second kappa shape index (κ2) is 8.24. The van der Waals surface area contributed by atoms with E-state index in [1.807, 2.05) is 5.32 Å². The molecule has 1 aliphatic heterocycles. The molecule has 27 heavy (non-hydrogen) atoms. The van der Waals surface area contributed by atoms with Crippen molar-refractivity contribution in [1.82, 2.24) is 10.3 Å². The van der Waals surface area contributed by atoms with E-state index in [0.717, 1.165) is 17.3 Å². The number of anilines is 1. The largest absolute Gasteiger partial charge is 0.478 e. The van der Waals surface area contributed by atoms with Crippen LogP contribution in [0, 0.1) is 10.1 Å². The van der Waals surface area contributed by atoms with E-state index in [-0.39, 0.29) is 17.9 Å². The zero-order valence-electron chi connectivity index (χ0n) is 13.6. The molecular weight excluding hydrogens is 362 g/mol. The van der Waals surface area contributed by atoms with Gasteiger partial charge in [-0.05, 0) is 30.3 Å². The molecule has 2 heterocycles. The fourth-order valence-electron chi connectivity index (χ4n) is 1.79. The summed E-state index contributed by atoms with van der Waals surface area (Å²) in [6.07, 6.45) is 1.12. The van der Waals surface area contributed by atoms with E-state index in [1.165, 1.54) is 18.2 Å². The highest BCUT2D eigenvalue weighted by Gasteiger charge is 2.26. The maximum atomic E-state index is 11.1. The molecule has 12 nitrogen and oxygen atoms in total. The average Bonchev–Trinajstić information content (AvgIpc) is 3.20. The lowest BCUT2D eigenvalue weighted by atomic mass is 10.2. The van der Waals surface area contributed by atoms with E-state index in [9.17, 15) is 24.5 Å². The summed E-state index contributed by atoms with van der Waals surface area (Å²) in [6, 6.07) is 7.91. The number of nitrogens with one attached hydrogen (secondary N) is 1. The smallest absolute Gasteiger partial charge is 0.433 e. The number of hydrogen-bond acceptors (Lipinski definition) is 8. The summed E-state index contributed by atoms with van der Waals surface area (Å²) >= 11 is 0. The molecule has 1 saturated heterocycles. The van der Waals surface area contributed by atoms with E-state index < -0.39 is 28.7 Å². The molecule has 0 atom stereocenters. The lowest BCUT2D eigenvalue weighted by Gasteiger charge is -2.02. The normalized spacial score (nSPS) is 13.3. The van der Waals surface area contributed by atoms with Crippen LogP contribution >= 0.6 is 0 Å². The van der Waals surface area contributed by atoms with Crippen LogP contribution in [-0.2, 0) is 4.79 Å². The number of carboxylic acid groups (broad SMARTS) is 1. The Balaban J connectivity index is 0.000000223. The molecule has 4 N–H and O–H groups in total. The second-order valence-electron chi connectivity index (χ2n) is 5.02. The number of urea groups is 1. The minimum atomic E-state index is -0.931. The summed E-state index contributed by atoms with van der Waals surface area (Å²) in [5.74, 6) is -1.70. The number of hydrogen-bond donors (Lipinski definition) is 3. The highest BCUT2D eigenvalue weighted by atomic mass is 16.6.